The van der Waals surface area contributed by atoms with Gasteiger partial charge in [-0.2, -0.15) is 0 Å². The average Bonchev–Trinajstić information content (AvgIpc) is 1.98. The van der Waals surface area contributed by atoms with Crippen LogP contribution in [-0.2, 0) is 0 Å². The largest absolute Gasteiger partial charge is 0.455 e. The zero-order valence-electron chi connectivity index (χ0n) is 48.5. The molecule has 0 aliphatic carbocycles. The molecular formula is C86H54N2O. The molecule has 0 radical (unpaired) electrons. The molecule has 414 valence electrons. The fraction of sp³-hybridized carbons (Fsp3) is 0. The van der Waals surface area contributed by atoms with Gasteiger partial charge in [-0.3, -0.25) is 0 Å². The third kappa shape index (κ3) is 8.20. The van der Waals surface area contributed by atoms with Crippen molar-refractivity contribution in [1.29, 1.82) is 0 Å². The van der Waals surface area contributed by atoms with Gasteiger partial charge in [0, 0.05) is 49.7 Å². The molecule has 0 amide bonds. The summed E-state index contributed by atoms with van der Waals surface area (Å²) in [6, 6.07) is 121. The Morgan fingerprint density at radius 3 is 1.40 bits per heavy atom. The van der Waals surface area contributed by atoms with Crippen molar-refractivity contribution in [1.82, 2.24) is 4.57 Å². The molecule has 0 fully saturated rings. The molecule has 0 N–H and O–H groups in total. The van der Waals surface area contributed by atoms with Crippen molar-refractivity contribution in [2.75, 3.05) is 4.90 Å². The van der Waals surface area contributed by atoms with Gasteiger partial charge in [0.15, 0.2) is 0 Å². The first kappa shape index (κ1) is 50.5. The van der Waals surface area contributed by atoms with Crippen LogP contribution in [0.3, 0.4) is 0 Å². The summed E-state index contributed by atoms with van der Waals surface area (Å²) in [6.45, 7) is 0. The van der Waals surface area contributed by atoms with Crippen molar-refractivity contribution in [3.05, 3.63) is 328 Å². The number of rotatable bonds is 9. The van der Waals surface area contributed by atoms with Crippen LogP contribution in [0.15, 0.2) is 332 Å². The third-order valence-corrected chi connectivity index (χ3v) is 18.5. The smallest absolute Gasteiger partial charge is 0.143 e. The van der Waals surface area contributed by atoms with Gasteiger partial charge in [-0.15, -0.1) is 0 Å². The predicted molar refractivity (Wildman–Crippen MR) is 377 cm³/mol. The van der Waals surface area contributed by atoms with Crippen LogP contribution in [-0.4, -0.2) is 4.57 Å². The number of hydrogen-bond donors (Lipinski definition) is 0. The number of benzene rings is 16. The molecule has 3 nitrogen and oxygen atoms in total. The van der Waals surface area contributed by atoms with Gasteiger partial charge in [0.05, 0.1) is 16.7 Å². The van der Waals surface area contributed by atoms with Crippen LogP contribution in [0.1, 0.15) is 0 Å². The van der Waals surface area contributed by atoms with Gasteiger partial charge >= 0.3 is 0 Å². The second-order valence-corrected chi connectivity index (χ2v) is 23.5. The normalized spacial score (nSPS) is 11.8. The highest BCUT2D eigenvalue weighted by molar-refractivity contribution is 6.28. The van der Waals surface area contributed by atoms with Gasteiger partial charge in [-0.05, 0) is 165 Å². The molecule has 0 spiro atoms. The summed E-state index contributed by atoms with van der Waals surface area (Å²) in [5.74, 6) is 0. The number of para-hydroxylation sites is 4. The van der Waals surface area contributed by atoms with Crippen LogP contribution in [0.25, 0.3) is 159 Å². The van der Waals surface area contributed by atoms with Crippen molar-refractivity contribution in [3.63, 3.8) is 0 Å². The Kier molecular flexibility index (Phi) is 11.6. The summed E-state index contributed by atoms with van der Waals surface area (Å²) in [5, 5.41) is 17.0. The number of aromatic nitrogens is 1. The Bertz CT molecular complexity index is 5800. The average molecular weight is 1130 g/mol. The van der Waals surface area contributed by atoms with Crippen LogP contribution in [0.5, 0.6) is 0 Å². The van der Waals surface area contributed by atoms with Crippen molar-refractivity contribution >= 4 is 115 Å². The molecule has 0 bridgehead atoms. The molecule has 89 heavy (non-hydrogen) atoms. The van der Waals surface area contributed by atoms with Crippen LogP contribution < -0.4 is 4.90 Å². The molecule has 0 aliphatic rings. The first-order valence-corrected chi connectivity index (χ1v) is 30.6. The Morgan fingerprint density at radius 1 is 0.236 bits per heavy atom. The Morgan fingerprint density at radius 2 is 0.697 bits per heavy atom. The molecule has 18 rings (SSSR count). The first-order chi connectivity index (χ1) is 44.1. The van der Waals surface area contributed by atoms with E-state index in [1.54, 1.807) is 0 Å². The highest BCUT2D eigenvalue weighted by atomic mass is 16.3. The summed E-state index contributed by atoms with van der Waals surface area (Å²) in [5.41, 5.74) is 19.7. The lowest BCUT2D eigenvalue weighted by molar-refractivity contribution is 0.670. The van der Waals surface area contributed by atoms with E-state index in [0.29, 0.717) is 0 Å². The van der Waals surface area contributed by atoms with Crippen molar-refractivity contribution in [2.45, 2.75) is 0 Å². The van der Waals surface area contributed by atoms with Gasteiger partial charge in [0.1, 0.15) is 11.2 Å². The number of hydrogen-bond acceptors (Lipinski definition) is 2. The minimum absolute atomic E-state index is 0.893. The van der Waals surface area contributed by atoms with E-state index in [0.717, 1.165) is 94.7 Å². The van der Waals surface area contributed by atoms with Crippen LogP contribution in [0, 0.1) is 0 Å². The maximum Gasteiger partial charge on any atom is 0.143 e. The van der Waals surface area contributed by atoms with E-state index in [9.17, 15) is 0 Å². The SMILES string of the molecule is c1cc(-c2ccc(-c3cccc(N(c4cccc(-c5cccc6c7ccccc7c7ccccc7c56)c4)c4cc(-c5cccc6ccccc56)c5ccccc5c4)c3)c(-n3c4ccccc4c4ccccc43)c2)cc(-c2cccc3c2oc2ccccc23)c1. The van der Waals surface area contributed by atoms with Gasteiger partial charge in [-0.1, -0.05) is 261 Å². The van der Waals surface area contributed by atoms with E-state index in [4.69, 9.17) is 4.42 Å². The minimum atomic E-state index is 0.893. The standard InChI is InChI=1S/C86H54N2O/c1-3-30-65-55(21-1)23-18-41-70(65)80-54-64(52-59-22-2-4-31-66(59)80)87(63-29-17-27-61(51-63)68-39-19-42-78-73-33-6-5-32-71(73)72-34-7-8-38-77(72)85(68)78)62-28-16-26-60(50-62)67-48-47-57(53-83(67)88-81-44-12-9-35-74(81)75-36-10-13-45-82(75)88)56-24-15-25-58(49-56)69-40-20-43-79-76-37-11-14-46-84(76)89-86(69)79/h1-54H. The molecule has 18 aromatic rings. The lowest BCUT2D eigenvalue weighted by Crippen LogP contribution is -2.11. The molecule has 0 aliphatic heterocycles. The minimum Gasteiger partial charge on any atom is -0.455 e. The molecule has 2 aromatic heterocycles. The summed E-state index contributed by atoms with van der Waals surface area (Å²) in [4.78, 5) is 2.48. The molecule has 0 saturated carbocycles. The van der Waals surface area contributed by atoms with Crippen molar-refractivity contribution in [3.8, 4) is 61.3 Å². The van der Waals surface area contributed by atoms with E-state index < -0.39 is 0 Å². The predicted octanol–water partition coefficient (Wildman–Crippen LogP) is 24.3. The highest BCUT2D eigenvalue weighted by Crippen LogP contribution is 2.48. The lowest BCUT2D eigenvalue weighted by atomic mass is 9.89. The Balaban J connectivity index is 0.857. The van der Waals surface area contributed by atoms with Crippen LogP contribution in [0.4, 0.5) is 17.1 Å². The molecule has 16 aromatic carbocycles. The third-order valence-electron chi connectivity index (χ3n) is 18.5. The Hall–Kier alpha value is -11.8. The molecule has 0 saturated heterocycles. The molecule has 3 heteroatoms. The van der Waals surface area contributed by atoms with E-state index in [1.807, 2.05) is 6.07 Å². The second kappa shape index (κ2) is 20.4. The van der Waals surface area contributed by atoms with E-state index in [1.165, 1.54) is 81.3 Å². The van der Waals surface area contributed by atoms with Gasteiger partial charge in [-0.25, -0.2) is 0 Å². The van der Waals surface area contributed by atoms with Gasteiger partial charge < -0.3 is 13.9 Å². The quantitative estimate of drug-likeness (QED) is 0.134. The topological polar surface area (TPSA) is 21.3 Å². The van der Waals surface area contributed by atoms with Crippen LogP contribution >= 0.6 is 0 Å². The maximum absolute atomic E-state index is 6.60. The van der Waals surface area contributed by atoms with E-state index >= 15 is 0 Å². The fourth-order valence-corrected chi connectivity index (χ4v) is 14.5. The number of furan rings is 1. The fourth-order valence-electron chi connectivity index (χ4n) is 14.5. The summed E-state index contributed by atoms with van der Waals surface area (Å²) in [7, 11) is 0. The van der Waals surface area contributed by atoms with Crippen LogP contribution in [0.2, 0.25) is 0 Å². The van der Waals surface area contributed by atoms with Crippen molar-refractivity contribution < 1.29 is 4.42 Å². The lowest BCUT2D eigenvalue weighted by Gasteiger charge is -2.28. The monoisotopic (exact) mass is 1130 g/mol. The summed E-state index contributed by atoms with van der Waals surface area (Å²) < 4.78 is 9.08. The highest BCUT2D eigenvalue weighted by Gasteiger charge is 2.23. The maximum atomic E-state index is 6.60. The number of fused-ring (bicyclic) bond motifs is 14. The first-order valence-electron chi connectivity index (χ1n) is 30.6. The second-order valence-electron chi connectivity index (χ2n) is 23.5. The molecule has 0 atom stereocenters. The number of nitrogens with zero attached hydrogens (tertiary/aromatic N) is 2. The van der Waals surface area contributed by atoms with E-state index in [2.05, 4.69) is 331 Å². The number of anilines is 3. The summed E-state index contributed by atoms with van der Waals surface area (Å²) in [6.07, 6.45) is 0. The molecular weight excluding hydrogens is 1080 g/mol. The molecule has 2 heterocycles. The van der Waals surface area contributed by atoms with Crippen molar-refractivity contribution in [2.24, 2.45) is 0 Å². The molecule has 0 unspecified atom stereocenters. The van der Waals surface area contributed by atoms with Gasteiger partial charge in [0.25, 0.3) is 0 Å². The summed E-state index contributed by atoms with van der Waals surface area (Å²) >= 11 is 0. The van der Waals surface area contributed by atoms with E-state index in [-0.39, 0.29) is 0 Å². The zero-order valence-corrected chi connectivity index (χ0v) is 48.5. The zero-order chi connectivity index (χ0) is 58.5. The Labute approximate surface area is 514 Å². The van der Waals surface area contributed by atoms with Gasteiger partial charge in [0.2, 0.25) is 0 Å².